The van der Waals surface area contributed by atoms with Crippen molar-refractivity contribution >= 4 is 23.9 Å². The smallest absolute Gasteiger partial charge is 0.335 e. The van der Waals surface area contributed by atoms with Crippen molar-refractivity contribution in [1.29, 1.82) is 0 Å². The highest BCUT2D eigenvalue weighted by molar-refractivity contribution is 5.74. The lowest BCUT2D eigenvalue weighted by molar-refractivity contribution is -0.301. The van der Waals surface area contributed by atoms with Crippen LogP contribution in [0, 0.1) is 0 Å². The normalized spacial score (nSPS) is 18.1. The lowest BCUT2D eigenvalue weighted by Crippen LogP contribution is -2.61. The number of aliphatic hydroxyl groups is 2. The highest BCUT2D eigenvalue weighted by Crippen LogP contribution is 2.27. The number of hydrogen-bond acceptors (Lipinski definition) is 11. The van der Waals surface area contributed by atoms with Crippen molar-refractivity contribution in [3.8, 4) is 0 Å². The minimum atomic E-state index is -1.91. The molecule has 0 saturated carbocycles. The predicted molar refractivity (Wildman–Crippen MR) is 322 cm³/mol. The van der Waals surface area contributed by atoms with Gasteiger partial charge in [0.05, 0.1) is 6.61 Å². The highest BCUT2D eigenvalue weighted by Gasteiger charge is 2.50. The van der Waals surface area contributed by atoms with E-state index in [0.29, 0.717) is 19.3 Å². The van der Waals surface area contributed by atoms with Gasteiger partial charge in [-0.2, -0.15) is 0 Å². The quantitative estimate of drug-likeness (QED) is 0.0228. The van der Waals surface area contributed by atoms with Crippen LogP contribution in [0.2, 0.25) is 0 Å². The molecule has 0 aromatic heterocycles. The molecule has 6 atom stereocenters. The van der Waals surface area contributed by atoms with E-state index in [2.05, 4.69) is 69.4 Å². The maximum atomic E-state index is 13.2. The van der Waals surface area contributed by atoms with Gasteiger partial charge in [0.2, 0.25) is 0 Å². The lowest BCUT2D eigenvalue weighted by atomic mass is 9.98. The monoisotopic (exact) mass is 1110 g/mol. The molecule has 0 aromatic carbocycles. The van der Waals surface area contributed by atoms with E-state index < -0.39 is 67.3 Å². The van der Waals surface area contributed by atoms with E-state index in [1.54, 1.807) is 0 Å². The van der Waals surface area contributed by atoms with Crippen LogP contribution in [0.1, 0.15) is 303 Å². The average Bonchev–Trinajstić information content (AvgIpc) is 3.43. The van der Waals surface area contributed by atoms with E-state index in [9.17, 15) is 34.5 Å². The van der Waals surface area contributed by atoms with Gasteiger partial charge in [-0.25, -0.2) is 4.79 Å². The molecule has 1 aliphatic heterocycles. The molecular formula is C67H118O12. The van der Waals surface area contributed by atoms with E-state index in [0.717, 1.165) is 122 Å². The van der Waals surface area contributed by atoms with Crippen LogP contribution in [0.15, 0.2) is 48.6 Å². The first-order valence-electron chi connectivity index (χ1n) is 32.6. The number of ether oxygens (including phenoxy) is 5. The molecule has 0 aliphatic carbocycles. The van der Waals surface area contributed by atoms with E-state index in [1.807, 2.05) is 0 Å². The summed E-state index contributed by atoms with van der Waals surface area (Å²) in [6.07, 6.45) is 54.9. The van der Waals surface area contributed by atoms with Crippen molar-refractivity contribution in [3.05, 3.63) is 48.6 Å². The zero-order valence-corrected chi connectivity index (χ0v) is 50.6. The Hall–Kier alpha value is -3.32. The summed E-state index contributed by atoms with van der Waals surface area (Å²) in [5, 5.41) is 31.6. The Bertz CT molecular complexity index is 1560. The summed E-state index contributed by atoms with van der Waals surface area (Å²) in [6, 6.07) is 0. The van der Waals surface area contributed by atoms with Crippen LogP contribution < -0.4 is 0 Å². The third kappa shape index (κ3) is 45.0. The van der Waals surface area contributed by atoms with Crippen molar-refractivity contribution in [2.75, 3.05) is 13.2 Å². The topological polar surface area (TPSA) is 175 Å². The Kier molecular flexibility index (Phi) is 51.5. The predicted octanol–water partition coefficient (Wildman–Crippen LogP) is 17.3. The van der Waals surface area contributed by atoms with Gasteiger partial charge < -0.3 is 39.0 Å². The first-order valence-corrected chi connectivity index (χ1v) is 32.6. The lowest BCUT2D eigenvalue weighted by Gasteiger charge is -2.40. The van der Waals surface area contributed by atoms with Gasteiger partial charge in [0, 0.05) is 19.3 Å². The molecule has 12 nitrogen and oxygen atoms in total. The van der Waals surface area contributed by atoms with Gasteiger partial charge >= 0.3 is 23.9 Å². The van der Waals surface area contributed by atoms with Crippen molar-refractivity contribution in [2.45, 2.75) is 340 Å². The molecule has 6 unspecified atom stereocenters. The molecule has 0 radical (unpaired) electrons. The number of allylic oxidation sites excluding steroid dienone is 8. The van der Waals surface area contributed by atoms with Gasteiger partial charge in [-0.3, -0.25) is 14.4 Å². The number of carbonyl (C=O) groups excluding carboxylic acids is 3. The SMILES string of the molecule is CC/C=C\C/C=C\C/C=C\CCCCCCCCCC(=O)OC1C(OCC(COC(=O)CCCCCCCCCCCCCCCCCCC)OC(=O)CCCCCCC/C=C\CCCCCCCC)OC(C(=O)O)C(O)C1O. The number of aliphatic hydroxyl groups excluding tert-OH is 2. The summed E-state index contributed by atoms with van der Waals surface area (Å²) in [6.45, 7) is 5.91. The van der Waals surface area contributed by atoms with Crippen molar-refractivity contribution in [3.63, 3.8) is 0 Å². The molecule has 1 heterocycles. The minimum absolute atomic E-state index is 0.0501. The first kappa shape index (κ1) is 73.7. The average molecular weight is 1120 g/mol. The summed E-state index contributed by atoms with van der Waals surface area (Å²) < 4.78 is 28.5. The summed E-state index contributed by atoms with van der Waals surface area (Å²) in [5.74, 6) is -3.11. The van der Waals surface area contributed by atoms with E-state index in [4.69, 9.17) is 23.7 Å². The summed E-state index contributed by atoms with van der Waals surface area (Å²) >= 11 is 0. The number of rotatable bonds is 56. The number of carboxylic acids is 1. The summed E-state index contributed by atoms with van der Waals surface area (Å²) in [4.78, 5) is 51.3. The molecular weight excluding hydrogens is 997 g/mol. The molecule has 1 aliphatic rings. The molecule has 0 bridgehead atoms. The maximum Gasteiger partial charge on any atom is 0.335 e. The van der Waals surface area contributed by atoms with Crippen LogP contribution >= 0.6 is 0 Å². The fraction of sp³-hybridized carbons (Fsp3) is 0.821. The molecule has 1 saturated heterocycles. The van der Waals surface area contributed by atoms with Gasteiger partial charge in [-0.05, 0) is 77.0 Å². The molecule has 0 amide bonds. The number of hydrogen-bond donors (Lipinski definition) is 3. The van der Waals surface area contributed by atoms with Gasteiger partial charge in [-0.15, -0.1) is 0 Å². The summed E-state index contributed by atoms with van der Waals surface area (Å²) in [7, 11) is 0. The van der Waals surface area contributed by atoms with Crippen LogP contribution in [0.4, 0.5) is 0 Å². The first-order chi connectivity index (χ1) is 38.6. The highest BCUT2D eigenvalue weighted by atomic mass is 16.7. The maximum absolute atomic E-state index is 13.2. The second-order valence-electron chi connectivity index (χ2n) is 22.4. The van der Waals surface area contributed by atoms with Crippen LogP contribution in [0.5, 0.6) is 0 Å². The second-order valence-corrected chi connectivity index (χ2v) is 22.4. The Morgan fingerprint density at radius 1 is 0.430 bits per heavy atom. The third-order valence-corrected chi connectivity index (χ3v) is 14.9. The van der Waals surface area contributed by atoms with Gasteiger partial charge in [0.25, 0.3) is 0 Å². The fourth-order valence-corrected chi connectivity index (χ4v) is 9.91. The molecule has 1 rings (SSSR count). The number of carbonyl (C=O) groups is 4. The second kappa shape index (κ2) is 55.2. The number of carboxylic acid groups (broad SMARTS) is 1. The van der Waals surface area contributed by atoms with Crippen LogP contribution in [0.3, 0.4) is 0 Å². The van der Waals surface area contributed by atoms with Crippen molar-refractivity contribution < 1.29 is 58.2 Å². The van der Waals surface area contributed by atoms with E-state index >= 15 is 0 Å². The van der Waals surface area contributed by atoms with Crippen molar-refractivity contribution in [2.24, 2.45) is 0 Å². The zero-order valence-electron chi connectivity index (χ0n) is 50.6. The van der Waals surface area contributed by atoms with Crippen LogP contribution in [-0.2, 0) is 42.9 Å². The standard InChI is InChI=1S/C67H118O12/c1-4-7-10-13-16-19-22-25-28-30-33-35-38-41-44-47-50-53-59(68)75-56-58(77-60(69)54-51-48-45-42-39-36-32-27-24-21-18-15-12-9-6-3)57-76-67-65(63(72)62(71)64(79-67)66(73)74)78-61(70)55-52-49-46-43-40-37-34-31-29-26-23-20-17-14-11-8-5-2/h8,11,17,20,26-27,29,32,58,62-65,67,71-72H,4-7,9-10,12-16,18-19,21-25,28,30-31,33-57H2,1-3H3,(H,73,74)/b11-8-,20-17-,29-26-,32-27-. The minimum Gasteiger partial charge on any atom is -0.479 e. The van der Waals surface area contributed by atoms with Gasteiger partial charge in [0.15, 0.2) is 24.6 Å². The zero-order chi connectivity index (χ0) is 57.5. The van der Waals surface area contributed by atoms with Crippen LogP contribution in [0.25, 0.3) is 0 Å². The summed E-state index contributed by atoms with van der Waals surface area (Å²) in [5.41, 5.74) is 0. The van der Waals surface area contributed by atoms with E-state index in [-0.39, 0.29) is 25.9 Å². The largest absolute Gasteiger partial charge is 0.479 e. The molecule has 0 spiro atoms. The third-order valence-electron chi connectivity index (χ3n) is 14.9. The molecule has 0 aromatic rings. The van der Waals surface area contributed by atoms with Gasteiger partial charge in [-0.1, -0.05) is 256 Å². The number of esters is 3. The Balaban J connectivity index is 2.65. The van der Waals surface area contributed by atoms with E-state index in [1.165, 1.54) is 122 Å². The molecule has 12 heteroatoms. The number of aliphatic carboxylic acids is 1. The van der Waals surface area contributed by atoms with Crippen molar-refractivity contribution in [1.82, 2.24) is 0 Å². The van der Waals surface area contributed by atoms with Crippen LogP contribution in [-0.4, -0.2) is 89.2 Å². The molecule has 458 valence electrons. The molecule has 79 heavy (non-hydrogen) atoms. The molecule has 3 N–H and O–H groups in total. The molecule has 1 fully saturated rings. The Morgan fingerprint density at radius 2 is 0.797 bits per heavy atom. The Labute approximate surface area is 482 Å². The number of unbranched alkanes of at least 4 members (excludes halogenated alkanes) is 34. The Morgan fingerprint density at radius 3 is 1.23 bits per heavy atom. The fourth-order valence-electron chi connectivity index (χ4n) is 9.91. The van der Waals surface area contributed by atoms with Gasteiger partial charge in [0.1, 0.15) is 18.8 Å².